The quantitative estimate of drug-likeness (QED) is 0.766. The summed E-state index contributed by atoms with van der Waals surface area (Å²) < 4.78 is 0. The Hall–Kier alpha value is -2.82. The van der Waals surface area contributed by atoms with Crippen LogP contribution in [-0.2, 0) is 6.54 Å². The number of nitrogens with zero attached hydrogens (tertiary/aromatic N) is 2. The normalized spacial score (nSPS) is 13.8. The van der Waals surface area contributed by atoms with Gasteiger partial charge in [0.25, 0.3) is 5.91 Å². The number of rotatable bonds is 4. The monoisotopic (exact) mass is 334 g/mol. The van der Waals surface area contributed by atoms with E-state index in [1.54, 1.807) is 0 Å². The number of aryl methyl sites for hydroxylation is 2. The summed E-state index contributed by atoms with van der Waals surface area (Å²) in [5.74, 6) is 0.760. The summed E-state index contributed by atoms with van der Waals surface area (Å²) in [6.45, 7) is 6.45. The number of hydrogen-bond donors (Lipinski definition) is 2. The molecule has 25 heavy (non-hydrogen) atoms. The van der Waals surface area contributed by atoms with Gasteiger partial charge in [0.05, 0.1) is 5.52 Å². The van der Waals surface area contributed by atoms with E-state index in [-0.39, 0.29) is 5.91 Å². The minimum Gasteiger partial charge on any atom is -0.364 e. The third kappa shape index (κ3) is 2.86. The highest BCUT2D eigenvalue weighted by Gasteiger charge is 2.24. The van der Waals surface area contributed by atoms with Crippen LogP contribution in [0.15, 0.2) is 36.4 Å². The third-order valence-corrected chi connectivity index (χ3v) is 4.96. The van der Waals surface area contributed by atoms with Crippen LogP contribution >= 0.6 is 0 Å². The summed E-state index contributed by atoms with van der Waals surface area (Å²) in [7, 11) is 0. The Bertz CT molecular complexity index is 926. The fraction of sp³-hybridized carbons (Fsp3) is 0.300. The van der Waals surface area contributed by atoms with Crippen molar-refractivity contribution in [1.82, 2.24) is 14.9 Å². The van der Waals surface area contributed by atoms with Crippen LogP contribution in [0.1, 0.15) is 33.7 Å². The molecule has 1 aliphatic rings. The van der Waals surface area contributed by atoms with Gasteiger partial charge in [0, 0.05) is 30.7 Å². The zero-order valence-corrected chi connectivity index (χ0v) is 14.6. The fourth-order valence-corrected chi connectivity index (χ4v) is 3.15. The molecule has 0 bridgehead atoms. The second-order valence-electron chi connectivity index (χ2n) is 6.64. The van der Waals surface area contributed by atoms with Gasteiger partial charge in [-0.3, -0.25) is 4.79 Å². The molecule has 1 aromatic carbocycles. The molecule has 128 valence electrons. The first kappa shape index (κ1) is 15.7. The summed E-state index contributed by atoms with van der Waals surface area (Å²) >= 11 is 0. The first-order chi connectivity index (χ1) is 12.1. The maximum Gasteiger partial charge on any atom is 0.272 e. The molecule has 5 heteroatoms. The number of likely N-dealkylation sites (tertiary alicyclic amines) is 1. The van der Waals surface area contributed by atoms with Crippen molar-refractivity contribution < 1.29 is 4.79 Å². The molecule has 4 rings (SSSR count). The number of benzene rings is 1. The lowest BCUT2D eigenvalue weighted by Gasteiger charge is -2.30. The Balaban J connectivity index is 1.72. The number of nitrogens with one attached hydrogen (secondary N) is 2. The smallest absolute Gasteiger partial charge is 0.272 e. The van der Waals surface area contributed by atoms with Crippen LogP contribution in [-0.4, -0.2) is 33.9 Å². The van der Waals surface area contributed by atoms with Gasteiger partial charge in [-0.25, -0.2) is 4.98 Å². The van der Waals surface area contributed by atoms with E-state index in [1.165, 1.54) is 5.56 Å². The highest BCUT2D eigenvalue weighted by Crippen LogP contribution is 2.28. The topological polar surface area (TPSA) is 61.0 Å². The molecule has 1 amide bonds. The number of carbonyl (C=O) groups is 1. The van der Waals surface area contributed by atoms with Gasteiger partial charge in [0.1, 0.15) is 5.69 Å². The first-order valence-electron chi connectivity index (χ1n) is 8.70. The Kier molecular flexibility index (Phi) is 3.92. The van der Waals surface area contributed by atoms with Crippen LogP contribution in [0.5, 0.6) is 0 Å². The molecule has 3 aromatic rings. The second kappa shape index (κ2) is 6.24. The number of pyridine rings is 1. The molecule has 2 N–H and O–H groups in total. The van der Waals surface area contributed by atoms with Gasteiger partial charge in [-0.15, -0.1) is 0 Å². The predicted octanol–water partition coefficient (Wildman–Crippen LogP) is 3.64. The third-order valence-electron chi connectivity index (χ3n) is 4.96. The predicted molar refractivity (Wildman–Crippen MR) is 99.9 cm³/mol. The summed E-state index contributed by atoms with van der Waals surface area (Å²) in [6.07, 6.45) is 1.08. The number of aromatic amines is 1. The zero-order valence-electron chi connectivity index (χ0n) is 14.6. The molecule has 0 saturated carbocycles. The van der Waals surface area contributed by atoms with Gasteiger partial charge in [-0.05, 0) is 37.5 Å². The maximum absolute atomic E-state index is 12.6. The second-order valence-corrected chi connectivity index (χ2v) is 6.64. The lowest BCUT2D eigenvalue weighted by molar-refractivity contribution is 0.0646. The molecular weight excluding hydrogens is 312 g/mol. The van der Waals surface area contributed by atoms with E-state index in [4.69, 9.17) is 0 Å². The Morgan fingerprint density at radius 3 is 2.68 bits per heavy atom. The lowest BCUT2D eigenvalue weighted by Crippen LogP contribution is -2.42. The minimum atomic E-state index is 0.0224. The van der Waals surface area contributed by atoms with Crippen LogP contribution in [0.4, 0.5) is 5.82 Å². The van der Waals surface area contributed by atoms with Gasteiger partial charge >= 0.3 is 0 Å². The first-order valence-corrected chi connectivity index (χ1v) is 8.70. The Morgan fingerprint density at radius 2 is 2.00 bits per heavy atom. The number of amides is 1. The molecule has 1 fully saturated rings. The number of carbonyl (C=O) groups excluding carboxylic acids is 1. The number of fused-ring (bicyclic) bond motifs is 1. The molecule has 0 spiro atoms. The largest absolute Gasteiger partial charge is 0.364 e. The minimum absolute atomic E-state index is 0.0224. The van der Waals surface area contributed by atoms with E-state index in [2.05, 4.69) is 34.3 Å². The van der Waals surface area contributed by atoms with Crippen LogP contribution in [0.25, 0.3) is 10.9 Å². The lowest BCUT2D eigenvalue weighted by atomic mass is 10.1. The van der Waals surface area contributed by atoms with E-state index >= 15 is 0 Å². The van der Waals surface area contributed by atoms with E-state index < -0.39 is 0 Å². The zero-order chi connectivity index (χ0) is 17.4. The van der Waals surface area contributed by atoms with E-state index in [0.29, 0.717) is 12.2 Å². The molecule has 0 radical (unpaired) electrons. The van der Waals surface area contributed by atoms with Crippen molar-refractivity contribution in [3.63, 3.8) is 0 Å². The van der Waals surface area contributed by atoms with Crippen LogP contribution in [0, 0.1) is 13.8 Å². The number of hydrogen-bond acceptors (Lipinski definition) is 3. The highest BCUT2D eigenvalue weighted by molar-refractivity contribution is 6.00. The van der Waals surface area contributed by atoms with E-state index in [1.807, 2.05) is 36.1 Å². The Labute approximate surface area is 147 Å². The summed E-state index contributed by atoms with van der Waals surface area (Å²) in [6, 6.07) is 12.1. The summed E-state index contributed by atoms with van der Waals surface area (Å²) in [5.41, 5.74) is 4.93. The molecule has 0 unspecified atom stereocenters. The van der Waals surface area contributed by atoms with Gasteiger partial charge in [0.15, 0.2) is 5.82 Å². The highest BCUT2D eigenvalue weighted by atomic mass is 16.2. The molecule has 0 atom stereocenters. The Morgan fingerprint density at radius 1 is 1.24 bits per heavy atom. The molecule has 1 saturated heterocycles. The van der Waals surface area contributed by atoms with E-state index in [0.717, 1.165) is 47.5 Å². The van der Waals surface area contributed by atoms with E-state index in [9.17, 15) is 4.79 Å². The number of H-pyrrole nitrogens is 1. The van der Waals surface area contributed by atoms with Crippen LogP contribution in [0.3, 0.4) is 0 Å². The van der Waals surface area contributed by atoms with Gasteiger partial charge in [-0.2, -0.15) is 0 Å². The van der Waals surface area contributed by atoms with Crippen molar-refractivity contribution in [1.29, 1.82) is 0 Å². The average molecular weight is 334 g/mol. The van der Waals surface area contributed by atoms with Crippen molar-refractivity contribution >= 4 is 22.6 Å². The van der Waals surface area contributed by atoms with Crippen LogP contribution in [0.2, 0.25) is 0 Å². The van der Waals surface area contributed by atoms with Crippen molar-refractivity contribution in [3.8, 4) is 0 Å². The van der Waals surface area contributed by atoms with Crippen molar-refractivity contribution in [2.45, 2.75) is 26.8 Å². The molecule has 0 aliphatic carbocycles. The molecule has 5 nitrogen and oxygen atoms in total. The summed E-state index contributed by atoms with van der Waals surface area (Å²) in [4.78, 5) is 22.5. The van der Waals surface area contributed by atoms with Gasteiger partial charge in [-0.1, -0.05) is 30.3 Å². The average Bonchev–Trinajstić information content (AvgIpc) is 2.87. The van der Waals surface area contributed by atoms with Gasteiger partial charge < -0.3 is 15.2 Å². The fourth-order valence-electron chi connectivity index (χ4n) is 3.15. The van der Waals surface area contributed by atoms with Crippen LogP contribution < -0.4 is 5.32 Å². The summed E-state index contributed by atoms with van der Waals surface area (Å²) in [5, 5.41) is 4.46. The molecular formula is C20H22N4O. The van der Waals surface area contributed by atoms with Crippen molar-refractivity contribution in [2.24, 2.45) is 0 Å². The number of anilines is 1. The standard InChI is InChI=1S/C20H22N4O/c1-13-14(2)22-18-16(13)11-17(20(25)24-9-6-10-24)23-19(18)21-12-15-7-4-3-5-8-15/h3-5,7-8,11,22H,6,9-10,12H2,1-2H3,(H,21,23). The van der Waals surface area contributed by atoms with Crippen molar-refractivity contribution in [2.75, 3.05) is 18.4 Å². The SMILES string of the molecule is Cc1[nH]c2c(NCc3ccccc3)nc(C(=O)N3CCC3)cc2c1C. The van der Waals surface area contributed by atoms with Crippen molar-refractivity contribution in [3.05, 3.63) is 58.9 Å². The number of aromatic nitrogens is 2. The molecule has 2 aromatic heterocycles. The van der Waals surface area contributed by atoms with Gasteiger partial charge in [0.2, 0.25) is 0 Å². The molecule has 3 heterocycles. The molecule has 1 aliphatic heterocycles. The maximum atomic E-state index is 12.6.